The highest BCUT2D eigenvalue weighted by Crippen LogP contribution is 2.34. The third-order valence-corrected chi connectivity index (χ3v) is 5.63. The molecule has 0 spiro atoms. The number of fused-ring (bicyclic) bond motifs is 1. The van der Waals surface area contributed by atoms with Crippen LogP contribution in [0.5, 0.6) is 5.75 Å². The molecule has 0 radical (unpaired) electrons. The van der Waals surface area contributed by atoms with Gasteiger partial charge in [-0.25, -0.2) is 0 Å². The first-order valence-electron chi connectivity index (χ1n) is 9.24. The molecule has 5 atom stereocenters. The Hall–Kier alpha value is -1.96. The lowest BCUT2D eigenvalue weighted by Crippen LogP contribution is -2.39. The number of rotatable bonds is 3. The molecule has 0 saturated carbocycles. The number of anilines is 1. The van der Waals surface area contributed by atoms with Crippen molar-refractivity contribution in [3.05, 3.63) is 35.9 Å². The van der Waals surface area contributed by atoms with Gasteiger partial charge in [0.25, 0.3) is 0 Å². The Labute approximate surface area is 149 Å². The second-order valence-electron chi connectivity index (χ2n) is 7.56. The zero-order chi connectivity index (χ0) is 17.4. The van der Waals surface area contributed by atoms with E-state index < -0.39 is 6.23 Å². The van der Waals surface area contributed by atoms with Crippen LogP contribution in [-0.2, 0) is 6.54 Å². The predicted molar refractivity (Wildman–Crippen MR) is 99.1 cm³/mol. The molecule has 2 N–H and O–H groups in total. The first-order chi connectivity index (χ1) is 12.1. The summed E-state index contributed by atoms with van der Waals surface area (Å²) in [6.45, 7) is 7.34. The summed E-state index contributed by atoms with van der Waals surface area (Å²) in [5, 5.41) is 12.9. The SMILES string of the molecule is CC1C=CC#CC1[C@H]1CCN(Cc2ccc3c(c2)OC(C)C(O)N3)C1. The Bertz CT molecular complexity index is 733. The van der Waals surface area contributed by atoms with E-state index in [2.05, 4.69) is 47.2 Å². The first kappa shape index (κ1) is 16.5. The number of ether oxygens (including phenoxy) is 1. The first-order valence-corrected chi connectivity index (χ1v) is 9.24. The molecular formula is C21H26N2O2. The van der Waals surface area contributed by atoms with Crippen LogP contribution in [0.3, 0.4) is 0 Å². The number of aliphatic hydroxyl groups excluding tert-OH is 1. The van der Waals surface area contributed by atoms with Gasteiger partial charge >= 0.3 is 0 Å². The van der Waals surface area contributed by atoms with Gasteiger partial charge in [-0.3, -0.25) is 4.90 Å². The van der Waals surface area contributed by atoms with Gasteiger partial charge in [0.05, 0.1) is 5.69 Å². The van der Waals surface area contributed by atoms with Gasteiger partial charge in [0, 0.05) is 19.0 Å². The van der Waals surface area contributed by atoms with Crippen molar-refractivity contribution >= 4 is 5.69 Å². The lowest BCUT2D eigenvalue weighted by molar-refractivity contribution is 0.0568. The highest BCUT2D eigenvalue weighted by Gasteiger charge is 2.32. The number of likely N-dealkylation sites (tertiary alicyclic amines) is 1. The van der Waals surface area contributed by atoms with Crippen molar-refractivity contribution in [3.63, 3.8) is 0 Å². The van der Waals surface area contributed by atoms with E-state index in [1.807, 2.05) is 19.1 Å². The minimum Gasteiger partial charge on any atom is -0.484 e. The number of benzene rings is 1. The van der Waals surface area contributed by atoms with E-state index in [1.165, 1.54) is 12.0 Å². The Kier molecular flexibility index (Phi) is 4.45. The molecule has 4 rings (SSSR count). The molecule has 2 heterocycles. The summed E-state index contributed by atoms with van der Waals surface area (Å²) in [7, 11) is 0. The van der Waals surface area contributed by atoms with Gasteiger partial charge < -0.3 is 15.2 Å². The van der Waals surface area contributed by atoms with Gasteiger partial charge in [0.2, 0.25) is 0 Å². The predicted octanol–water partition coefficient (Wildman–Crippen LogP) is 2.85. The average molecular weight is 338 g/mol. The van der Waals surface area contributed by atoms with E-state index in [-0.39, 0.29) is 6.10 Å². The zero-order valence-electron chi connectivity index (χ0n) is 14.9. The van der Waals surface area contributed by atoms with Gasteiger partial charge in [-0.1, -0.05) is 30.9 Å². The number of hydrogen-bond donors (Lipinski definition) is 2. The maximum Gasteiger partial charge on any atom is 0.161 e. The molecule has 4 nitrogen and oxygen atoms in total. The lowest BCUT2D eigenvalue weighted by Gasteiger charge is -2.30. The molecule has 1 aromatic carbocycles. The monoisotopic (exact) mass is 338 g/mol. The van der Waals surface area contributed by atoms with Crippen LogP contribution < -0.4 is 10.1 Å². The molecule has 1 fully saturated rings. The van der Waals surface area contributed by atoms with Crippen LogP contribution in [0.25, 0.3) is 0 Å². The summed E-state index contributed by atoms with van der Waals surface area (Å²) in [5.74, 6) is 9.14. The minimum atomic E-state index is -0.648. The van der Waals surface area contributed by atoms with E-state index in [0.717, 1.165) is 31.1 Å². The molecule has 0 aromatic heterocycles. The third-order valence-electron chi connectivity index (χ3n) is 5.63. The molecule has 25 heavy (non-hydrogen) atoms. The molecule has 1 saturated heterocycles. The fraction of sp³-hybridized carbons (Fsp3) is 0.524. The molecule has 3 aliphatic rings. The topological polar surface area (TPSA) is 44.7 Å². The van der Waals surface area contributed by atoms with Gasteiger partial charge in [0.15, 0.2) is 6.23 Å². The number of hydrogen-bond acceptors (Lipinski definition) is 4. The molecule has 0 bridgehead atoms. The van der Waals surface area contributed by atoms with E-state index >= 15 is 0 Å². The number of aliphatic hydroxyl groups is 1. The van der Waals surface area contributed by atoms with Crippen molar-refractivity contribution in [3.8, 4) is 17.6 Å². The summed E-state index contributed by atoms with van der Waals surface area (Å²) < 4.78 is 5.82. The molecule has 0 amide bonds. The Morgan fingerprint density at radius 1 is 1.36 bits per heavy atom. The third kappa shape index (κ3) is 3.40. The Balaban J connectivity index is 1.40. The zero-order valence-corrected chi connectivity index (χ0v) is 14.9. The summed E-state index contributed by atoms with van der Waals surface area (Å²) >= 11 is 0. The maximum absolute atomic E-state index is 9.84. The molecule has 4 unspecified atom stereocenters. The fourth-order valence-electron chi connectivity index (χ4n) is 4.12. The lowest BCUT2D eigenvalue weighted by atomic mass is 9.80. The van der Waals surface area contributed by atoms with Crippen LogP contribution in [-0.4, -0.2) is 35.4 Å². The fourth-order valence-corrected chi connectivity index (χ4v) is 4.12. The number of nitrogens with zero attached hydrogens (tertiary/aromatic N) is 1. The van der Waals surface area contributed by atoms with E-state index in [4.69, 9.17) is 4.74 Å². The van der Waals surface area contributed by atoms with Crippen LogP contribution in [0.15, 0.2) is 30.4 Å². The summed E-state index contributed by atoms with van der Waals surface area (Å²) in [5.41, 5.74) is 2.12. The molecular weight excluding hydrogens is 312 g/mol. The van der Waals surface area contributed by atoms with Crippen molar-refractivity contribution < 1.29 is 9.84 Å². The average Bonchev–Trinajstić information content (AvgIpc) is 3.05. The van der Waals surface area contributed by atoms with E-state index in [9.17, 15) is 5.11 Å². The van der Waals surface area contributed by atoms with Crippen LogP contribution >= 0.6 is 0 Å². The van der Waals surface area contributed by atoms with Crippen molar-refractivity contribution in [1.29, 1.82) is 0 Å². The summed E-state index contributed by atoms with van der Waals surface area (Å²) in [6, 6.07) is 6.23. The van der Waals surface area contributed by atoms with Crippen molar-refractivity contribution in [2.75, 3.05) is 18.4 Å². The minimum absolute atomic E-state index is 0.238. The van der Waals surface area contributed by atoms with Crippen LogP contribution in [0.2, 0.25) is 0 Å². The van der Waals surface area contributed by atoms with E-state index in [0.29, 0.717) is 17.8 Å². The van der Waals surface area contributed by atoms with E-state index in [1.54, 1.807) is 0 Å². The maximum atomic E-state index is 9.84. The highest BCUT2D eigenvalue weighted by atomic mass is 16.5. The smallest absolute Gasteiger partial charge is 0.161 e. The second kappa shape index (κ2) is 6.74. The van der Waals surface area contributed by atoms with Crippen molar-refractivity contribution in [2.24, 2.45) is 17.8 Å². The second-order valence-corrected chi connectivity index (χ2v) is 7.56. The summed E-state index contributed by atoms with van der Waals surface area (Å²) in [6.07, 6.45) is 4.58. The van der Waals surface area contributed by atoms with Gasteiger partial charge in [-0.15, -0.1) is 0 Å². The molecule has 4 heteroatoms. The number of allylic oxidation sites excluding steroid dienone is 2. The van der Waals surface area contributed by atoms with Gasteiger partial charge in [0.1, 0.15) is 11.9 Å². The Morgan fingerprint density at radius 3 is 3.08 bits per heavy atom. The van der Waals surface area contributed by atoms with Crippen LogP contribution in [0.4, 0.5) is 5.69 Å². The number of nitrogens with one attached hydrogen (secondary N) is 1. The Morgan fingerprint density at radius 2 is 2.24 bits per heavy atom. The summed E-state index contributed by atoms with van der Waals surface area (Å²) in [4.78, 5) is 2.52. The largest absolute Gasteiger partial charge is 0.484 e. The normalized spacial score (nSPS) is 33.8. The van der Waals surface area contributed by atoms with Crippen LogP contribution in [0, 0.1) is 29.6 Å². The van der Waals surface area contributed by atoms with Crippen molar-refractivity contribution in [2.45, 2.75) is 39.1 Å². The van der Waals surface area contributed by atoms with Crippen LogP contribution in [0.1, 0.15) is 25.8 Å². The molecule has 1 aromatic rings. The van der Waals surface area contributed by atoms with Gasteiger partial charge in [-0.2, -0.15) is 0 Å². The van der Waals surface area contributed by atoms with Gasteiger partial charge in [-0.05, 0) is 55.5 Å². The standard InChI is InChI=1S/C21H26N2O2/c1-14-5-3-4-6-18(14)17-9-10-23(13-17)12-16-7-8-19-20(11-16)25-15(2)21(24)22-19/h3,5,7-8,11,14-15,17-18,21-22,24H,9-10,12-13H2,1-2H3/t14?,15?,17-,18?,21?/m0/s1. The quantitative estimate of drug-likeness (QED) is 0.832. The molecule has 2 aliphatic heterocycles. The van der Waals surface area contributed by atoms with Crippen molar-refractivity contribution in [1.82, 2.24) is 4.90 Å². The molecule has 132 valence electrons. The highest BCUT2D eigenvalue weighted by molar-refractivity contribution is 5.59. The molecule has 1 aliphatic carbocycles.